The topological polar surface area (TPSA) is 125 Å². The van der Waals surface area contributed by atoms with Gasteiger partial charge in [-0.3, -0.25) is 0 Å². The monoisotopic (exact) mass is 356 g/mol. The number of benzene rings is 1. The van der Waals surface area contributed by atoms with Crippen molar-refractivity contribution in [2.75, 3.05) is 0 Å². The summed E-state index contributed by atoms with van der Waals surface area (Å²) in [6, 6.07) is 11.1. The number of aryl methyl sites for hydroxylation is 1. The van der Waals surface area contributed by atoms with Crippen LogP contribution in [0.5, 0.6) is 0 Å². The van der Waals surface area contributed by atoms with Gasteiger partial charge in [-0.1, -0.05) is 32.0 Å². The lowest BCUT2D eigenvalue weighted by molar-refractivity contribution is -0.391. The van der Waals surface area contributed by atoms with E-state index in [9.17, 15) is 10.1 Å². The largest absolute Gasteiger partial charge is 0.369 e. The highest BCUT2D eigenvalue weighted by Gasteiger charge is 2.22. The fourth-order valence-corrected chi connectivity index (χ4v) is 2.80. The van der Waals surface area contributed by atoms with Gasteiger partial charge in [0.1, 0.15) is 11.4 Å². The Hall–Kier alpha value is -3.16. The Bertz CT molecular complexity index is 819. The van der Waals surface area contributed by atoms with Gasteiger partial charge < -0.3 is 21.6 Å². The third-order valence-electron chi connectivity index (χ3n) is 3.77. The summed E-state index contributed by atoms with van der Waals surface area (Å²) in [5, 5.41) is 18.8. The molecule has 0 atom stereocenters. The van der Waals surface area contributed by atoms with Crippen molar-refractivity contribution in [3.8, 4) is 5.69 Å². The van der Waals surface area contributed by atoms with Crippen molar-refractivity contribution in [1.82, 2.24) is 4.57 Å². The van der Waals surface area contributed by atoms with Crippen LogP contribution in [0.2, 0.25) is 0 Å². The maximum Gasteiger partial charge on any atom is 0.328 e. The standard InChI is InChI=1S/C18H24N6O2/c1-13(2)12-14-6-3-4-8-16(14)23-15(9-10-17(23)24(25)26)7-5-11-21-22-18(19)20/h3-4,6,8-11,13H,5,7,12H2,1-2H3,(H4,19,20,22)/b21-11+. The molecule has 0 fully saturated rings. The first kappa shape index (κ1) is 19.2. The Kier molecular flexibility index (Phi) is 6.48. The second-order valence-electron chi connectivity index (χ2n) is 6.36. The first-order valence-electron chi connectivity index (χ1n) is 8.44. The third kappa shape index (κ3) is 4.92. The van der Waals surface area contributed by atoms with E-state index in [4.69, 9.17) is 11.5 Å². The van der Waals surface area contributed by atoms with E-state index >= 15 is 0 Å². The van der Waals surface area contributed by atoms with Crippen LogP contribution in [-0.4, -0.2) is 21.7 Å². The van der Waals surface area contributed by atoms with Gasteiger partial charge in [0, 0.05) is 18.7 Å². The molecule has 8 nitrogen and oxygen atoms in total. The highest BCUT2D eigenvalue weighted by atomic mass is 16.6. The van der Waals surface area contributed by atoms with Crippen LogP contribution in [0.3, 0.4) is 0 Å². The van der Waals surface area contributed by atoms with Crippen molar-refractivity contribution < 1.29 is 4.92 Å². The number of nitrogens with two attached hydrogens (primary N) is 2. The zero-order valence-electron chi connectivity index (χ0n) is 15.0. The van der Waals surface area contributed by atoms with Gasteiger partial charge in [-0.25, -0.2) is 0 Å². The molecule has 0 saturated heterocycles. The van der Waals surface area contributed by atoms with Gasteiger partial charge in [-0.15, -0.1) is 5.10 Å². The summed E-state index contributed by atoms with van der Waals surface area (Å²) in [7, 11) is 0. The fraction of sp³-hybridized carbons (Fsp3) is 0.333. The molecule has 0 unspecified atom stereocenters. The van der Waals surface area contributed by atoms with Gasteiger partial charge >= 0.3 is 5.82 Å². The van der Waals surface area contributed by atoms with Crippen molar-refractivity contribution in [3.05, 3.63) is 57.8 Å². The highest BCUT2D eigenvalue weighted by Crippen LogP contribution is 2.27. The summed E-state index contributed by atoms with van der Waals surface area (Å²) in [5.41, 5.74) is 13.2. The Morgan fingerprint density at radius 3 is 2.65 bits per heavy atom. The van der Waals surface area contributed by atoms with Crippen molar-refractivity contribution in [2.24, 2.45) is 27.6 Å². The predicted molar refractivity (Wildman–Crippen MR) is 104 cm³/mol. The molecular formula is C18H24N6O2. The summed E-state index contributed by atoms with van der Waals surface area (Å²) in [6.07, 6.45) is 3.57. The van der Waals surface area contributed by atoms with Gasteiger partial charge in [0.05, 0.1) is 0 Å². The number of rotatable bonds is 8. The molecule has 0 radical (unpaired) electrons. The molecule has 0 aliphatic rings. The Morgan fingerprint density at radius 2 is 2.00 bits per heavy atom. The van der Waals surface area contributed by atoms with E-state index in [1.807, 2.05) is 24.3 Å². The van der Waals surface area contributed by atoms with Crippen LogP contribution in [0.15, 0.2) is 46.6 Å². The molecule has 1 aromatic heterocycles. The molecule has 8 heteroatoms. The van der Waals surface area contributed by atoms with Crippen LogP contribution in [0.25, 0.3) is 5.69 Å². The second kappa shape index (κ2) is 8.80. The zero-order chi connectivity index (χ0) is 19.1. The SMILES string of the molecule is CC(C)Cc1ccccc1-n1c(CC/C=N/N=C(N)N)ccc1[N+](=O)[O-]. The summed E-state index contributed by atoms with van der Waals surface area (Å²) in [6.45, 7) is 4.25. The Balaban J connectivity index is 2.38. The summed E-state index contributed by atoms with van der Waals surface area (Å²) in [5.74, 6) is 0.390. The van der Waals surface area contributed by atoms with E-state index in [-0.39, 0.29) is 16.7 Å². The van der Waals surface area contributed by atoms with Crippen LogP contribution in [0.4, 0.5) is 5.82 Å². The van der Waals surface area contributed by atoms with Crippen molar-refractivity contribution in [3.63, 3.8) is 0 Å². The first-order valence-corrected chi connectivity index (χ1v) is 8.44. The summed E-state index contributed by atoms with van der Waals surface area (Å²) >= 11 is 0. The van der Waals surface area contributed by atoms with Gasteiger partial charge in [-0.2, -0.15) is 9.67 Å². The highest BCUT2D eigenvalue weighted by molar-refractivity contribution is 5.76. The maximum atomic E-state index is 11.5. The molecule has 1 aromatic carbocycles. The maximum absolute atomic E-state index is 11.5. The first-order chi connectivity index (χ1) is 12.4. The molecular weight excluding hydrogens is 332 g/mol. The molecule has 4 N–H and O–H groups in total. The van der Waals surface area contributed by atoms with Crippen molar-refractivity contribution in [2.45, 2.75) is 33.1 Å². The van der Waals surface area contributed by atoms with Crippen LogP contribution in [-0.2, 0) is 12.8 Å². The molecule has 0 spiro atoms. The van der Waals surface area contributed by atoms with Gasteiger partial charge in [0.15, 0.2) is 0 Å². The minimum atomic E-state index is -0.358. The summed E-state index contributed by atoms with van der Waals surface area (Å²) in [4.78, 5) is 11.1. The number of guanidine groups is 1. The van der Waals surface area contributed by atoms with Gasteiger partial charge in [-0.05, 0) is 41.4 Å². The normalized spacial score (nSPS) is 11.2. The van der Waals surface area contributed by atoms with Gasteiger partial charge in [0.2, 0.25) is 5.96 Å². The van der Waals surface area contributed by atoms with E-state index < -0.39 is 0 Å². The quantitative estimate of drug-likeness (QED) is 0.326. The zero-order valence-corrected chi connectivity index (χ0v) is 15.0. The van der Waals surface area contributed by atoms with Crippen LogP contribution >= 0.6 is 0 Å². The lowest BCUT2D eigenvalue weighted by Gasteiger charge is -2.12. The van der Waals surface area contributed by atoms with Crippen LogP contribution < -0.4 is 11.5 Å². The van der Waals surface area contributed by atoms with Gasteiger partial charge in [0.25, 0.3) is 0 Å². The van der Waals surface area contributed by atoms with E-state index in [0.29, 0.717) is 18.8 Å². The molecule has 0 amide bonds. The number of hydrogen-bond donors (Lipinski definition) is 2. The number of nitro groups is 1. The summed E-state index contributed by atoms with van der Waals surface area (Å²) < 4.78 is 1.71. The molecule has 0 aliphatic carbocycles. The minimum Gasteiger partial charge on any atom is -0.369 e. The molecule has 0 aliphatic heterocycles. The lowest BCUT2D eigenvalue weighted by Crippen LogP contribution is -2.21. The molecule has 2 aromatic rings. The molecule has 0 bridgehead atoms. The third-order valence-corrected chi connectivity index (χ3v) is 3.77. The van der Waals surface area contributed by atoms with E-state index in [0.717, 1.165) is 23.4 Å². The van der Waals surface area contributed by atoms with Crippen LogP contribution in [0.1, 0.15) is 31.5 Å². The van der Waals surface area contributed by atoms with E-state index in [2.05, 4.69) is 24.1 Å². The Labute approximate surface area is 152 Å². The molecule has 138 valence electrons. The van der Waals surface area contributed by atoms with E-state index in [1.165, 1.54) is 6.07 Å². The number of para-hydroxylation sites is 1. The predicted octanol–water partition coefficient (Wildman–Crippen LogP) is 2.78. The Morgan fingerprint density at radius 1 is 1.27 bits per heavy atom. The fourth-order valence-electron chi connectivity index (χ4n) is 2.80. The molecule has 1 heterocycles. The number of nitrogens with zero attached hydrogens (tertiary/aromatic N) is 4. The number of aromatic nitrogens is 1. The van der Waals surface area contributed by atoms with Crippen molar-refractivity contribution >= 4 is 18.0 Å². The smallest absolute Gasteiger partial charge is 0.328 e. The second-order valence-corrected chi connectivity index (χ2v) is 6.36. The van der Waals surface area contributed by atoms with Crippen molar-refractivity contribution in [1.29, 1.82) is 0 Å². The minimum absolute atomic E-state index is 0.0531. The molecule has 2 rings (SSSR count). The van der Waals surface area contributed by atoms with Crippen LogP contribution in [0, 0.1) is 16.0 Å². The van der Waals surface area contributed by atoms with E-state index in [1.54, 1.807) is 16.8 Å². The average molecular weight is 356 g/mol. The molecule has 0 saturated carbocycles. The number of hydrogen-bond acceptors (Lipinski definition) is 4. The lowest BCUT2D eigenvalue weighted by atomic mass is 10.0. The average Bonchev–Trinajstić information content (AvgIpc) is 2.98. The molecule has 26 heavy (non-hydrogen) atoms.